The first kappa shape index (κ1) is 31.7. The Kier molecular flexibility index (Phi) is 10.7. The van der Waals surface area contributed by atoms with Crippen LogP contribution >= 0.6 is 0 Å². The summed E-state index contributed by atoms with van der Waals surface area (Å²) < 4.78 is 66.2. The molecule has 3 aromatic carbocycles. The van der Waals surface area contributed by atoms with E-state index in [-0.39, 0.29) is 22.1 Å². The number of hydrazone groups is 1. The van der Waals surface area contributed by atoms with Gasteiger partial charge in [-0.15, -0.1) is 0 Å². The van der Waals surface area contributed by atoms with E-state index >= 15 is 0 Å². The molecule has 3 aromatic rings. The largest absolute Gasteiger partial charge is 0.497 e. The lowest BCUT2D eigenvalue weighted by Crippen LogP contribution is -2.39. The molecular formula is C28H33N3O10S. The van der Waals surface area contributed by atoms with E-state index in [0.29, 0.717) is 34.3 Å². The van der Waals surface area contributed by atoms with Gasteiger partial charge in [0.2, 0.25) is 5.75 Å². The van der Waals surface area contributed by atoms with Crippen molar-refractivity contribution in [3.8, 4) is 40.2 Å². The second-order valence-electron chi connectivity index (χ2n) is 8.28. The standard InChI is InChI=1S/C28H33N3O10S/c1-35-19-9-12-22(36-2)21(14-19)31(42(33,34)20-10-13-23(37-3)25(15-20)39-5)17-26(32)30-29-16-18-8-11-24(38-4)28(41-7)27(18)40-6/h8-16H,17H2,1-7H3,(H,30,32)/b29-16-. The molecular weight excluding hydrogens is 570 g/mol. The van der Waals surface area contributed by atoms with Crippen LogP contribution in [0.5, 0.6) is 40.2 Å². The third kappa shape index (κ3) is 6.71. The highest BCUT2D eigenvalue weighted by atomic mass is 32.2. The molecule has 0 aliphatic carbocycles. The average Bonchev–Trinajstić information content (AvgIpc) is 3.02. The van der Waals surface area contributed by atoms with Crippen LogP contribution in [-0.4, -0.2) is 76.9 Å². The summed E-state index contributed by atoms with van der Waals surface area (Å²) in [4.78, 5) is 13.0. The fraction of sp³-hybridized carbons (Fsp3) is 0.286. The Morgan fingerprint density at radius 1 is 0.738 bits per heavy atom. The number of methoxy groups -OCH3 is 7. The van der Waals surface area contributed by atoms with Crippen LogP contribution < -0.4 is 42.9 Å². The minimum atomic E-state index is -4.37. The third-order valence-electron chi connectivity index (χ3n) is 6.01. The SMILES string of the molecule is COc1ccc(OC)c(N(CC(=O)N/N=C\c2ccc(OC)c(OC)c2OC)S(=O)(=O)c2ccc(OC)c(OC)c2)c1. The van der Waals surface area contributed by atoms with Gasteiger partial charge in [-0.3, -0.25) is 9.10 Å². The summed E-state index contributed by atoms with van der Waals surface area (Å²) in [6, 6.07) is 12.0. The molecule has 0 saturated heterocycles. The van der Waals surface area contributed by atoms with Crippen LogP contribution in [0.25, 0.3) is 0 Å². The number of carbonyl (C=O) groups is 1. The Morgan fingerprint density at radius 2 is 1.36 bits per heavy atom. The third-order valence-corrected chi connectivity index (χ3v) is 7.77. The molecule has 226 valence electrons. The molecule has 1 N–H and O–H groups in total. The van der Waals surface area contributed by atoms with Crippen LogP contribution in [0.4, 0.5) is 5.69 Å². The summed E-state index contributed by atoms with van der Waals surface area (Å²) in [6.07, 6.45) is 1.33. The predicted molar refractivity (Wildman–Crippen MR) is 155 cm³/mol. The Labute approximate surface area is 244 Å². The zero-order valence-corrected chi connectivity index (χ0v) is 25.1. The molecule has 3 rings (SSSR count). The fourth-order valence-electron chi connectivity index (χ4n) is 3.96. The average molecular weight is 604 g/mol. The molecule has 0 heterocycles. The lowest BCUT2D eigenvalue weighted by atomic mass is 10.2. The summed E-state index contributed by atoms with van der Waals surface area (Å²) in [5.74, 6) is 1.41. The van der Waals surface area contributed by atoms with Gasteiger partial charge in [0.15, 0.2) is 23.0 Å². The summed E-state index contributed by atoms with van der Waals surface area (Å²) in [5.41, 5.74) is 2.89. The first-order valence-electron chi connectivity index (χ1n) is 12.3. The van der Waals surface area contributed by atoms with Gasteiger partial charge in [0, 0.05) is 17.7 Å². The maximum atomic E-state index is 14.0. The van der Waals surface area contributed by atoms with Gasteiger partial charge in [-0.05, 0) is 36.4 Å². The number of sulfonamides is 1. The van der Waals surface area contributed by atoms with Gasteiger partial charge in [0.25, 0.3) is 15.9 Å². The zero-order chi connectivity index (χ0) is 30.9. The number of benzene rings is 3. The Bertz CT molecular complexity index is 1540. The van der Waals surface area contributed by atoms with Gasteiger partial charge >= 0.3 is 0 Å². The molecule has 0 aromatic heterocycles. The zero-order valence-electron chi connectivity index (χ0n) is 24.3. The van der Waals surface area contributed by atoms with Crippen LogP contribution in [0.2, 0.25) is 0 Å². The van der Waals surface area contributed by atoms with E-state index in [0.717, 1.165) is 4.31 Å². The van der Waals surface area contributed by atoms with E-state index < -0.39 is 22.5 Å². The summed E-state index contributed by atoms with van der Waals surface area (Å²) in [5, 5.41) is 3.99. The molecule has 0 bridgehead atoms. The summed E-state index contributed by atoms with van der Waals surface area (Å²) in [7, 11) is 5.67. The highest BCUT2D eigenvalue weighted by molar-refractivity contribution is 7.92. The number of anilines is 1. The van der Waals surface area contributed by atoms with Gasteiger partial charge in [0.05, 0.1) is 66.6 Å². The molecule has 13 nitrogen and oxygen atoms in total. The van der Waals surface area contributed by atoms with Crippen molar-refractivity contribution in [2.45, 2.75) is 4.90 Å². The predicted octanol–water partition coefficient (Wildman–Crippen LogP) is 3.09. The molecule has 0 spiro atoms. The molecule has 0 radical (unpaired) electrons. The molecule has 0 saturated carbocycles. The molecule has 0 aliphatic heterocycles. The van der Waals surface area contributed by atoms with Crippen molar-refractivity contribution >= 4 is 27.8 Å². The normalized spacial score (nSPS) is 11.0. The van der Waals surface area contributed by atoms with E-state index in [4.69, 9.17) is 33.2 Å². The van der Waals surface area contributed by atoms with Gasteiger partial charge < -0.3 is 33.2 Å². The Hall–Kier alpha value is -4.85. The smallest absolute Gasteiger partial charge is 0.265 e. The number of ether oxygens (including phenoxy) is 7. The first-order valence-corrected chi connectivity index (χ1v) is 13.7. The molecule has 14 heteroatoms. The molecule has 0 atom stereocenters. The van der Waals surface area contributed by atoms with Crippen LogP contribution in [0.15, 0.2) is 58.5 Å². The highest BCUT2D eigenvalue weighted by Crippen LogP contribution is 2.39. The highest BCUT2D eigenvalue weighted by Gasteiger charge is 2.31. The number of amides is 1. The van der Waals surface area contributed by atoms with Crippen molar-refractivity contribution in [3.05, 3.63) is 54.1 Å². The van der Waals surface area contributed by atoms with Gasteiger partial charge in [-0.2, -0.15) is 5.10 Å². The maximum Gasteiger partial charge on any atom is 0.265 e. The second-order valence-corrected chi connectivity index (χ2v) is 10.1. The van der Waals surface area contributed by atoms with Crippen molar-refractivity contribution < 1.29 is 46.4 Å². The van der Waals surface area contributed by atoms with Gasteiger partial charge in [-0.1, -0.05) is 0 Å². The minimum Gasteiger partial charge on any atom is -0.497 e. The number of rotatable bonds is 14. The molecule has 1 amide bonds. The lowest BCUT2D eigenvalue weighted by Gasteiger charge is -2.26. The number of hydrogen-bond acceptors (Lipinski definition) is 11. The van der Waals surface area contributed by atoms with Crippen LogP contribution in [0.1, 0.15) is 5.56 Å². The minimum absolute atomic E-state index is 0.0623. The molecule has 42 heavy (non-hydrogen) atoms. The summed E-state index contributed by atoms with van der Waals surface area (Å²) >= 11 is 0. The number of carbonyl (C=O) groups excluding carboxylic acids is 1. The lowest BCUT2D eigenvalue weighted by molar-refractivity contribution is -0.119. The van der Waals surface area contributed by atoms with Crippen molar-refractivity contribution in [3.63, 3.8) is 0 Å². The number of hydrogen-bond donors (Lipinski definition) is 1. The molecule has 0 fully saturated rings. The van der Waals surface area contributed by atoms with E-state index in [1.165, 1.54) is 86.3 Å². The van der Waals surface area contributed by atoms with E-state index in [1.807, 2.05) is 0 Å². The monoisotopic (exact) mass is 603 g/mol. The first-order chi connectivity index (χ1) is 20.2. The van der Waals surface area contributed by atoms with Crippen molar-refractivity contribution in [2.75, 3.05) is 60.6 Å². The molecule has 0 unspecified atom stereocenters. The van der Waals surface area contributed by atoms with Crippen molar-refractivity contribution in [1.82, 2.24) is 5.43 Å². The van der Waals surface area contributed by atoms with Crippen molar-refractivity contribution in [2.24, 2.45) is 5.10 Å². The fourth-order valence-corrected chi connectivity index (χ4v) is 5.40. The summed E-state index contributed by atoms with van der Waals surface area (Å²) in [6.45, 7) is -0.666. The van der Waals surface area contributed by atoms with E-state index in [9.17, 15) is 13.2 Å². The number of nitrogens with zero attached hydrogens (tertiary/aromatic N) is 2. The van der Waals surface area contributed by atoms with E-state index in [2.05, 4.69) is 10.5 Å². The second kappa shape index (κ2) is 14.2. The maximum absolute atomic E-state index is 14.0. The van der Waals surface area contributed by atoms with Gasteiger partial charge in [0.1, 0.15) is 18.0 Å². The topological polar surface area (TPSA) is 143 Å². The quantitative estimate of drug-likeness (QED) is 0.216. The van der Waals surface area contributed by atoms with Gasteiger partial charge in [-0.25, -0.2) is 13.8 Å². The van der Waals surface area contributed by atoms with E-state index in [1.54, 1.807) is 18.2 Å². The van der Waals surface area contributed by atoms with Crippen LogP contribution in [-0.2, 0) is 14.8 Å². The Morgan fingerprint density at radius 3 is 1.95 bits per heavy atom. The van der Waals surface area contributed by atoms with Crippen LogP contribution in [0, 0.1) is 0 Å². The van der Waals surface area contributed by atoms with Crippen molar-refractivity contribution in [1.29, 1.82) is 0 Å². The number of nitrogens with one attached hydrogen (secondary N) is 1. The Balaban J connectivity index is 2.01. The van der Waals surface area contributed by atoms with Crippen LogP contribution in [0.3, 0.4) is 0 Å². The molecule has 0 aliphatic rings.